The summed E-state index contributed by atoms with van der Waals surface area (Å²) in [7, 11) is -3.21. The summed E-state index contributed by atoms with van der Waals surface area (Å²) in [6, 6.07) is 20.4. The predicted octanol–water partition coefficient (Wildman–Crippen LogP) is 10.6. The molecule has 0 atom stereocenters. The van der Waals surface area contributed by atoms with Crippen molar-refractivity contribution in [2.75, 3.05) is 5.73 Å². The number of anilines is 1. The number of carbonyl (C=O) groups is 1. The highest BCUT2D eigenvalue weighted by atomic mass is 28.4. The highest BCUT2D eigenvalue weighted by Gasteiger charge is 2.40. The van der Waals surface area contributed by atoms with E-state index in [1.165, 1.54) is 37.7 Å². The van der Waals surface area contributed by atoms with Gasteiger partial charge in [-0.2, -0.15) is 0 Å². The van der Waals surface area contributed by atoms with Crippen molar-refractivity contribution in [3.8, 4) is 0 Å². The predicted molar refractivity (Wildman–Crippen MR) is 191 cm³/mol. The third kappa shape index (κ3) is 13.4. The molecule has 2 fully saturated rings. The zero-order chi connectivity index (χ0) is 32.3. The van der Waals surface area contributed by atoms with E-state index in [4.69, 9.17) is 14.6 Å². The molecule has 0 aromatic heterocycles. The van der Waals surface area contributed by atoms with Crippen LogP contribution in [0, 0.1) is 5.92 Å². The number of nitrogens with two attached hydrogens (primary N) is 1. The Balaban J connectivity index is 0.000000254. The lowest BCUT2D eigenvalue weighted by Gasteiger charge is -2.41. The molecule has 2 N–H and O–H groups in total. The normalized spacial score (nSPS) is 20.4. The number of hydrogen-bond acceptors (Lipinski definition) is 4. The molecule has 2 aromatic rings. The number of benzene rings is 2. The van der Waals surface area contributed by atoms with Gasteiger partial charge in [0.15, 0.2) is 16.6 Å². The van der Waals surface area contributed by atoms with Crippen molar-refractivity contribution in [3.05, 3.63) is 66.2 Å². The Hall–Kier alpha value is -1.74. The molecule has 2 aromatic carbocycles. The maximum absolute atomic E-state index is 11.1. The molecule has 4 rings (SSSR count). The molecular weight excluding hydrogens is 563 g/mol. The SMILES string of the molecule is CC(C)(C)[Si](C)(C)OC1CCC(=O)CC1.CC(C)(C)[Si](C)(C)OC1CCC(Cc2ccccc2)CC1.Nc1ccccc1. The molecular formula is C37H63NO3Si2. The van der Waals surface area contributed by atoms with E-state index in [1.807, 2.05) is 30.3 Å². The van der Waals surface area contributed by atoms with E-state index in [-0.39, 0.29) is 5.04 Å². The second kappa shape index (κ2) is 16.5. The zero-order valence-electron chi connectivity index (χ0n) is 29.2. The molecule has 2 aliphatic carbocycles. The minimum Gasteiger partial charge on any atom is -0.414 e. The molecule has 0 bridgehead atoms. The molecule has 2 saturated carbocycles. The number of carbonyl (C=O) groups excluding carboxylic acids is 1. The Morgan fingerprint density at radius 1 is 0.651 bits per heavy atom. The van der Waals surface area contributed by atoms with Crippen molar-refractivity contribution in [1.82, 2.24) is 0 Å². The number of nitrogen functional groups attached to an aromatic ring is 1. The fraction of sp³-hybridized carbons (Fsp3) is 0.649. The van der Waals surface area contributed by atoms with Crippen molar-refractivity contribution >= 4 is 28.1 Å². The monoisotopic (exact) mass is 625 g/mol. The van der Waals surface area contributed by atoms with E-state index in [0.29, 0.717) is 23.0 Å². The van der Waals surface area contributed by atoms with Crippen molar-refractivity contribution in [3.63, 3.8) is 0 Å². The minimum absolute atomic E-state index is 0.272. The van der Waals surface area contributed by atoms with Crippen LogP contribution in [-0.4, -0.2) is 34.6 Å². The van der Waals surface area contributed by atoms with E-state index in [1.54, 1.807) is 0 Å². The zero-order valence-corrected chi connectivity index (χ0v) is 31.2. The van der Waals surface area contributed by atoms with Gasteiger partial charge in [0.1, 0.15) is 5.78 Å². The molecule has 0 heterocycles. The molecule has 4 nitrogen and oxygen atoms in total. The highest BCUT2D eigenvalue weighted by Crippen LogP contribution is 2.40. The molecule has 242 valence electrons. The summed E-state index contributed by atoms with van der Waals surface area (Å²) in [6.45, 7) is 23.1. The van der Waals surface area contributed by atoms with Crippen LogP contribution < -0.4 is 5.73 Å². The second-order valence-electron chi connectivity index (χ2n) is 15.7. The number of hydrogen-bond donors (Lipinski definition) is 1. The molecule has 0 unspecified atom stereocenters. The smallest absolute Gasteiger partial charge is 0.192 e. The van der Waals surface area contributed by atoms with Gasteiger partial charge in [-0.1, -0.05) is 90.1 Å². The van der Waals surface area contributed by atoms with Gasteiger partial charge in [0, 0.05) is 30.7 Å². The van der Waals surface area contributed by atoms with Gasteiger partial charge in [0.2, 0.25) is 0 Å². The third-order valence-electron chi connectivity index (χ3n) is 9.99. The van der Waals surface area contributed by atoms with Crippen LogP contribution in [0.5, 0.6) is 0 Å². The lowest BCUT2D eigenvalue weighted by Crippen LogP contribution is -2.44. The van der Waals surface area contributed by atoms with Crippen LogP contribution in [0.3, 0.4) is 0 Å². The third-order valence-corrected chi connectivity index (χ3v) is 19.1. The Morgan fingerprint density at radius 2 is 1.05 bits per heavy atom. The first-order chi connectivity index (χ1) is 19.9. The molecule has 2 aliphatic rings. The van der Waals surface area contributed by atoms with Crippen LogP contribution in [0.25, 0.3) is 0 Å². The van der Waals surface area contributed by atoms with Gasteiger partial charge < -0.3 is 14.6 Å². The van der Waals surface area contributed by atoms with Gasteiger partial charge in [-0.15, -0.1) is 0 Å². The standard InChI is InChI=1S/C19H32OSi.C12H24O2Si.C6H7N/c1-19(2,3)21(4,5)20-18-13-11-17(12-14-18)15-16-9-7-6-8-10-16;1-12(2,3)15(4,5)14-11-8-6-10(13)7-9-11;7-6-4-2-1-3-5-6/h6-10,17-18H,11-15H2,1-5H3;11H,6-9H2,1-5H3;1-5H,7H2. The minimum atomic E-state index is -1.63. The maximum Gasteiger partial charge on any atom is 0.192 e. The molecule has 6 heteroatoms. The van der Waals surface area contributed by atoms with E-state index < -0.39 is 16.6 Å². The summed E-state index contributed by atoms with van der Waals surface area (Å²) in [5, 5.41) is 0.600. The van der Waals surface area contributed by atoms with Crippen LogP contribution in [-0.2, 0) is 20.1 Å². The first-order valence-electron chi connectivity index (χ1n) is 16.6. The topological polar surface area (TPSA) is 61.5 Å². The molecule has 0 aliphatic heterocycles. The number of para-hydroxylation sites is 1. The van der Waals surface area contributed by atoms with Gasteiger partial charge in [0.05, 0.1) is 0 Å². The number of Topliss-reactive ketones (excluding diaryl/α,β-unsaturated/α-hetero) is 1. The van der Waals surface area contributed by atoms with Gasteiger partial charge in [-0.3, -0.25) is 4.79 Å². The Kier molecular flexibility index (Phi) is 14.4. The van der Waals surface area contributed by atoms with E-state index in [9.17, 15) is 4.79 Å². The van der Waals surface area contributed by atoms with Gasteiger partial charge in [-0.05, 0) is 105 Å². The van der Waals surface area contributed by atoms with Crippen LogP contribution in [0.4, 0.5) is 5.69 Å². The summed E-state index contributed by atoms with van der Waals surface area (Å²) in [6.07, 6.45) is 10.6. The first-order valence-corrected chi connectivity index (χ1v) is 22.4. The fourth-order valence-electron chi connectivity index (χ4n) is 5.07. The van der Waals surface area contributed by atoms with Crippen LogP contribution in [0.2, 0.25) is 36.3 Å². The van der Waals surface area contributed by atoms with E-state index in [2.05, 4.69) is 98.1 Å². The van der Waals surface area contributed by atoms with Crippen molar-refractivity contribution < 1.29 is 13.6 Å². The van der Waals surface area contributed by atoms with Gasteiger partial charge in [-0.25, -0.2) is 0 Å². The summed E-state index contributed by atoms with van der Waals surface area (Å²) < 4.78 is 12.9. The summed E-state index contributed by atoms with van der Waals surface area (Å²) in [5.41, 5.74) is 7.67. The number of rotatable bonds is 6. The van der Waals surface area contributed by atoms with Gasteiger partial charge in [0.25, 0.3) is 0 Å². The quantitative estimate of drug-likeness (QED) is 0.256. The molecule has 0 spiro atoms. The second-order valence-corrected chi connectivity index (χ2v) is 25.3. The van der Waals surface area contributed by atoms with E-state index >= 15 is 0 Å². The molecule has 0 saturated heterocycles. The van der Waals surface area contributed by atoms with Gasteiger partial charge >= 0.3 is 0 Å². The Labute approximate surface area is 266 Å². The average Bonchev–Trinajstić information content (AvgIpc) is 2.91. The lowest BCUT2D eigenvalue weighted by atomic mass is 9.83. The Bertz CT molecular complexity index is 1060. The fourth-order valence-corrected chi connectivity index (χ4v) is 7.92. The largest absolute Gasteiger partial charge is 0.414 e. The first kappa shape index (κ1) is 37.5. The van der Waals surface area contributed by atoms with Crippen molar-refractivity contribution in [2.45, 2.75) is 148 Å². The van der Waals surface area contributed by atoms with E-state index in [0.717, 1.165) is 37.3 Å². The maximum atomic E-state index is 11.1. The summed E-state index contributed by atoms with van der Waals surface area (Å²) in [5.74, 6) is 1.26. The number of ketones is 1. The molecule has 0 radical (unpaired) electrons. The van der Waals surface area contributed by atoms with Crippen LogP contribution in [0.1, 0.15) is 98.5 Å². The van der Waals surface area contributed by atoms with Crippen LogP contribution >= 0.6 is 0 Å². The summed E-state index contributed by atoms with van der Waals surface area (Å²) in [4.78, 5) is 11.1. The average molecular weight is 626 g/mol. The van der Waals surface area contributed by atoms with Crippen molar-refractivity contribution in [1.29, 1.82) is 0 Å². The summed E-state index contributed by atoms with van der Waals surface area (Å²) >= 11 is 0. The highest BCUT2D eigenvalue weighted by molar-refractivity contribution is 6.74. The molecule has 0 amide bonds. The lowest BCUT2D eigenvalue weighted by molar-refractivity contribution is -0.121. The van der Waals surface area contributed by atoms with Crippen molar-refractivity contribution in [2.24, 2.45) is 5.92 Å². The van der Waals surface area contributed by atoms with Crippen LogP contribution in [0.15, 0.2) is 60.7 Å². The molecule has 43 heavy (non-hydrogen) atoms. The Morgan fingerprint density at radius 3 is 1.42 bits per heavy atom.